The Balaban J connectivity index is 2.27. The van der Waals surface area contributed by atoms with Gasteiger partial charge in [-0.15, -0.1) is 0 Å². The number of aryl methyl sites for hydroxylation is 1. The Morgan fingerprint density at radius 2 is 2.26 bits per heavy atom. The minimum atomic E-state index is 0.601. The first-order chi connectivity index (χ1) is 9.33. The average molecular weight is 252 g/mol. The summed E-state index contributed by atoms with van der Waals surface area (Å²) in [4.78, 5) is 27.1. The number of rotatable bonds is 3. The SMILES string of the molecule is CCc1nc(-c2cccnc2)nc2[nH]cc(C=O)c12. The van der Waals surface area contributed by atoms with Crippen molar-refractivity contribution in [3.63, 3.8) is 0 Å². The Labute approximate surface area is 109 Å². The zero-order valence-corrected chi connectivity index (χ0v) is 10.4. The fourth-order valence-electron chi connectivity index (χ4n) is 2.11. The minimum absolute atomic E-state index is 0.601. The largest absolute Gasteiger partial charge is 0.345 e. The summed E-state index contributed by atoms with van der Waals surface area (Å²) in [5.74, 6) is 0.622. The molecule has 0 amide bonds. The second-order valence-corrected chi connectivity index (χ2v) is 4.17. The highest BCUT2D eigenvalue weighted by Gasteiger charge is 2.13. The van der Waals surface area contributed by atoms with Gasteiger partial charge in [0.2, 0.25) is 0 Å². The summed E-state index contributed by atoms with van der Waals surface area (Å²) in [6, 6.07) is 3.76. The number of hydrogen-bond acceptors (Lipinski definition) is 4. The normalized spacial score (nSPS) is 10.8. The number of nitrogens with one attached hydrogen (secondary N) is 1. The van der Waals surface area contributed by atoms with E-state index >= 15 is 0 Å². The topological polar surface area (TPSA) is 71.5 Å². The van der Waals surface area contributed by atoms with Gasteiger partial charge in [-0.25, -0.2) is 9.97 Å². The molecule has 0 atom stereocenters. The maximum atomic E-state index is 11.0. The van der Waals surface area contributed by atoms with Gasteiger partial charge in [0.15, 0.2) is 12.1 Å². The molecule has 0 unspecified atom stereocenters. The van der Waals surface area contributed by atoms with Crippen LogP contribution < -0.4 is 0 Å². The second kappa shape index (κ2) is 4.61. The summed E-state index contributed by atoms with van der Waals surface area (Å²) in [5.41, 5.74) is 3.02. The van der Waals surface area contributed by atoms with E-state index in [9.17, 15) is 4.79 Å². The average Bonchev–Trinajstić information content (AvgIpc) is 2.90. The molecule has 0 aromatic carbocycles. The third-order valence-electron chi connectivity index (χ3n) is 3.02. The van der Waals surface area contributed by atoms with Crippen LogP contribution in [0.2, 0.25) is 0 Å². The van der Waals surface area contributed by atoms with E-state index in [4.69, 9.17) is 0 Å². The van der Waals surface area contributed by atoms with Crippen molar-refractivity contribution in [2.45, 2.75) is 13.3 Å². The molecule has 19 heavy (non-hydrogen) atoms. The molecule has 0 saturated heterocycles. The van der Waals surface area contributed by atoms with Gasteiger partial charge in [-0.3, -0.25) is 9.78 Å². The monoisotopic (exact) mass is 252 g/mol. The van der Waals surface area contributed by atoms with E-state index < -0.39 is 0 Å². The van der Waals surface area contributed by atoms with Crippen LogP contribution in [0.4, 0.5) is 0 Å². The van der Waals surface area contributed by atoms with E-state index in [2.05, 4.69) is 19.9 Å². The van der Waals surface area contributed by atoms with Gasteiger partial charge in [-0.2, -0.15) is 0 Å². The van der Waals surface area contributed by atoms with Gasteiger partial charge in [0, 0.05) is 29.7 Å². The molecule has 3 aromatic heterocycles. The van der Waals surface area contributed by atoms with Crippen LogP contribution in [0, 0.1) is 0 Å². The Hall–Kier alpha value is -2.56. The van der Waals surface area contributed by atoms with Crippen molar-refractivity contribution < 1.29 is 4.79 Å². The number of aromatic nitrogens is 4. The van der Waals surface area contributed by atoms with Gasteiger partial charge in [-0.05, 0) is 18.6 Å². The van der Waals surface area contributed by atoms with E-state index in [1.165, 1.54) is 0 Å². The molecular weight excluding hydrogens is 240 g/mol. The number of aldehydes is 1. The van der Waals surface area contributed by atoms with Crippen LogP contribution in [-0.4, -0.2) is 26.2 Å². The van der Waals surface area contributed by atoms with Crippen LogP contribution in [0.5, 0.6) is 0 Å². The summed E-state index contributed by atoms with van der Waals surface area (Å²) in [6.45, 7) is 2.01. The van der Waals surface area contributed by atoms with Crippen LogP contribution in [0.25, 0.3) is 22.4 Å². The predicted molar refractivity (Wildman–Crippen MR) is 71.9 cm³/mol. The Bertz CT molecular complexity index is 734. The molecule has 0 aliphatic carbocycles. The van der Waals surface area contributed by atoms with Gasteiger partial charge >= 0.3 is 0 Å². The van der Waals surface area contributed by atoms with Crippen molar-refractivity contribution >= 4 is 17.3 Å². The van der Waals surface area contributed by atoms with Crippen LogP contribution in [-0.2, 0) is 6.42 Å². The quantitative estimate of drug-likeness (QED) is 0.726. The fourth-order valence-corrected chi connectivity index (χ4v) is 2.11. The van der Waals surface area contributed by atoms with E-state index in [1.807, 2.05) is 19.1 Å². The smallest absolute Gasteiger partial charge is 0.163 e. The highest BCUT2D eigenvalue weighted by atomic mass is 16.1. The van der Waals surface area contributed by atoms with Crippen molar-refractivity contribution in [1.82, 2.24) is 19.9 Å². The molecule has 3 rings (SSSR count). The number of fused-ring (bicyclic) bond motifs is 1. The van der Waals surface area contributed by atoms with Crippen LogP contribution >= 0.6 is 0 Å². The molecule has 5 nitrogen and oxygen atoms in total. The highest BCUT2D eigenvalue weighted by molar-refractivity contribution is 5.97. The highest BCUT2D eigenvalue weighted by Crippen LogP contribution is 2.23. The summed E-state index contributed by atoms with van der Waals surface area (Å²) >= 11 is 0. The predicted octanol–water partition coefficient (Wildman–Crippen LogP) is 2.39. The second-order valence-electron chi connectivity index (χ2n) is 4.17. The lowest BCUT2D eigenvalue weighted by Crippen LogP contribution is -1.97. The van der Waals surface area contributed by atoms with E-state index in [-0.39, 0.29) is 0 Å². The summed E-state index contributed by atoms with van der Waals surface area (Å²) in [7, 11) is 0. The van der Waals surface area contributed by atoms with Crippen molar-refractivity contribution in [3.05, 3.63) is 42.0 Å². The molecule has 1 N–H and O–H groups in total. The molecule has 0 aliphatic rings. The van der Waals surface area contributed by atoms with Crippen molar-refractivity contribution in [2.24, 2.45) is 0 Å². The first-order valence-electron chi connectivity index (χ1n) is 6.07. The van der Waals surface area contributed by atoms with Crippen LogP contribution in [0.3, 0.4) is 0 Å². The maximum Gasteiger partial charge on any atom is 0.163 e. The minimum Gasteiger partial charge on any atom is -0.345 e. The first-order valence-corrected chi connectivity index (χ1v) is 6.07. The standard InChI is InChI=1S/C14H12N4O/c1-2-11-12-10(8-19)7-16-14(12)18-13(17-11)9-4-3-5-15-6-9/h3-8H,2H2,1H3,(H,16,17,18). The molecule has 0 saturated carbocycles. The van der Waals surface area contributed by atoms with Gasteiger partial charge in [0.1, 0.15) is 5.65 Å². The number of carbonyl (C=O) groups is 1. The maximum absolute atomic E-state index is 11.0. The fraction of sp³-hybridized carbons (Fsp3) is 0.143. The van der Waals surface area contributed by atoms with Crippen LogP contribution in [0.15, 0.2) is 30.7 Å². The molecule has 94 valence electrons. The van der Waals surface area contributed by atoms with E-state index in [0.717, 1.165) is 29.4 Å². The van der Waals surface area contributed by atoms with Crippen molar-refractivity contribution in [2.75, 3.05) is 0 Å². The molecule has 0 fully saturated rings. The van der Waals surface area contributed by atoms with Gasteiger partial charge < -0.3 is 4.98 Å². The molecular formula is C14H12N4O. The van der Waals surface area contributed by atoms with E-state index in [0.29, 0.717) is 17.0 Å². The summed E-state index contributed by atoms with van der Waals surface area (Å²) in [6.07, 6.45) is 6.67. The summed E-state index contributed by atoms with van der Waals surface area (Å²) < 4.78 is 0. The van der Waals surface area contributed by atoms with Crippen molar-refractivity contribution in [1.29, 1.82) is 0 Å². The summed E-state index contributed by atoms with van der Waals surface area (Å²) in [5, 5.41) is 0.810. The molecule has 0 radical (unpaired) electrons. The number of nitrogens with zero attached hydrogens (tertiary/aromatic N) is 3. The number of carbonyl (C=O) groups excluding carboxylic acids is 1. The van der Waals surface area contributed by atoms with Crippen molar-refractivity contribution in [3.8, 4) is 11.4 Å². The van der Waals surface area contributed by atoms with E-state index in [1.54, 1.807) is 18.6 Å². The molecule has 0 spiro atoms. The number of aromatic amines is 1. The Morgan fingerprint density at radius 1 is 1.37 bits per heavy atom. The lowest BCUT2D eigenvalue weighted by atomic mass is 10.1. The molecule has 0 bridgehead atoms. The molecule has 3 aromatic rings. The zero-order valence-electron chi connectivity index (χ0n) is 10.4. The molecule has 5 heteroatoms. The third kappa shape index (κ3) is 1.89. The lowest BCUT2D eigenvalue weighted by Gasteiger charge is -2.04. The third-order valence-corrected chi connectivity index (χ3v) is 3.02. The van der Waals surface area contributed by atoms with Gasteiger partial charge in [-0.1, -0.05) is 6.92 Å². The number of pyridine rings is 1. The molecule has 0 aliphatic heterocycles. The van der Waals surface area contributed by atoms with Crippen LogP contribution in [0.1, 0.15) is 23.0 Å². The molecule has 3 heterocycles. The van der Waals surface area contributed by atoms with Gasteiger partial charge in [0.25, 0.3) is 0 Å². The van der Waals surface area contributed by atoms with Gasteiger partial charge in [0.05, 0.1) is 11.1 Å². The lowest BCUT2D eigenvalue weighted by molar-refractivity contribution is 0.112. The Morgan fingerprint density at radius 3 is 2.95 bits per heavy atom. The zero-order chi connectivity index (χ0) is 13.2. The number of H-pyrrole nitrogens is 1. The first kappa shape index (κ1) is 11.5. The Kier molecular flexibility index (Phi) is 2.79. The number of hydrogen-bond donors (Lipinski definition) is 1.